The van der Waals surface area contributed by atoms with Gasteiger partial charge in [-0.15, -0.1) is 6.58 Å². The van der Waals surface area contributed by atoms with Gasteiger partial charge < -0.3 is 14.8 Å². The first-order chi connectivity index (χ1) is 15.1. The Kier molecular flexibility index (Phi) is 5.26. The lowest BCUT2D eigenvalue weighted by Crippen LogP contribution is -2.55. The van der Waals surface area contributed by atoms with Gasteiger partial charge in [0.05, 0.1) is 29.0 Å². The van der Waals surface area contributed by atoms with E-state index in [1.807, 2.05) is 6.07 Å². The van der Waals surface area contributed by atoms with Crippen molar-refractivity contribution in [2.75, 3.05) is 20.3 Å². The molecule has 0 heterocycles. The summed E-state index contributed by atoms with van der Waals surface area (Å²) >= 11 is 0. The van der Waals surface area contributed by atoms with Crippen molar-refractivity contribution in [1.29, 1.82) is 0 Å². The minimum absolute atomic E-state index is 0.212. The number of ether oxygens (including phenoxy) is 2. The van der Waals surface area contributed by atoms with Crippen LogP contribution in [0.1, 0.15) is 47.3 Å². The second kappa shape index (κ2) is 8.66. The van der Waals surface area contributed by atoms with Crippen LogP contribution in [0, 0.1) is 5.41 Å². The number of carbonyl (C=O) groups is 1. The lowest BCUT2D eigenvalue weighted by molar-refractivity contribution is -0.122. The van der Waals surface area contributed by atoms with Crippen LogP contribution < -0.4 is 10.1 Å². The summed E-state index contributed by atoms with van der Waals surface area (Å²) in [5.74, 6) is -1.51. The summed E-state index contributed by atoms with van der Waals surface area (Å²) in [4.78, 5) is 12.4. The number of hydrogen-bond acceptors (Lipinski definition) is 3. The first-order valence-electron chi connectivity index (χ1n) is 11.4. The van der Waals surface area contributed by atoms with E-state index in [9.17, 15) is 13.6 Å². The van der Waals surface area contributed by atoms with Crippen LogP contribution in [0.4, 0.5) is 8.78 Å². The number of alkyl halides is 1. The van der Waals surface area contributed by atoms with Crippen molar-refractivity contribution < 1.29 is 27.2 Å². The summed E-state index contributed by atoms with van der Waals surface area (Å²) in [6.45, 7) is 6.82. The van der Waals surface area contributed by atoms with Gasteiger partial charge in [0.1, 0.15) is 5.75 Å². The van der Waals surface area contributed by atoms with Crippen molar-refractivity contribution in [2.45, 2.75) is 50.2 Å². The highest BCUT2D eigenvalue weighted by Crippen LogP contribution is 2.59. The molecule has 0 aromatic heterocycles. The lowest BCUT2D eigenvalue weighted by atomic mass is 9.61. The molecule has 158 valence electrons. The Bertz CT molecular complexity index is 882. The minimum Gasteiger partial charge on any atom is -0.493 e. The molecule has 2 aliphatic rings. The third-order valence-corrected chi connectivity index (χ3v) is 6.34. The first kappa shape index (κ1) is 17.6. The van der Waals surface area contributed by atoms with E-state index in [1.54, 1.807) is 18.2 Å². The molecular formula is C23H29F2NO3. The number of benzene rings is 1. The standard InChI is InChI=1S/C23H29F2NO3/c1-4-23(26-21(27)16(2)25)20-14-19(29-13-5-12-24)7-6-17(20)15-22(23)10-8-18(28-3)9-11-22/h4,6-7,14,18H,1-2,5,8-13,15H2,3H3,(H,26,27)/i3D3. The highest BCUT2D eigenvalue weighted by molar-refractivity contribution is 5.91. The maximum absolute atomic E-state index is 13.7. The smallest absolute Gasteiger partial charge is 0.280 e. The number of methoxy groups -OCH3 is 1. The third-order valence-electron chi connectivity index (χ3n) is 6.34. The van der Waals surface area contributed by atoms with Crippen LogP contribution in [0.3, 0.4) is 0 Å². The zero-order valence-corrected chi connectivity index (χ0v) is 16.4. The molecule has 0 saturated heterocycles. The van der Waals surface area contributed by atoms with E-state index >= 15 is 0 Å². The van der Waals surface area contributed by atoms with Crippen molar-refractivity contribution in [2.24, 2.45) is 5.41 Å². The Morgan fingerprint density at radius 2 is 2.21 bits per heavy atom. The maximum Gasteiger partial charge on any atom is 0.280 e. The molecule has 1 unspecified atom stereocenters. The summed E-state index contributed by atoms with van der Waals surface area (Å²) in [7, 11) is -2.48. The van der Waals surface area contributed by atoms with Gasteiger partial charge in [-0.3, -0.25) is 9.18 Å². The normalized spacial score (nSPS) is 30.0. The zero-order chi connectivity index (χ0) is 23.6. The van der Waals surface area contributed by atoms with Crippen LogP contribution in [0.25, 0.3) is 0 Å². The van der Waals surface area contributed by atoms with Gasteiger partial charge in [0.25, 0.3) is 5.91 Å². The van der Waals surface area contributed by atoms with Crippen LogP contribution >= 0.6 is 0 Å². The molecule has 2 aliphatic carbocycles. The maximum atomic E-state index is 13.7. The topological polar surface area (TPSA) is 47.6 Å². The van der Waals surface area contributed by atoms with Crippen molar-refractivity contribution in [3.63, 3.8) is 0 Å². The van der Waals surface area contributed by atoms with E-state index in [2.05, 4.69) is 18.5 Å². The van der Waals surface area contributed by atoms with Crippen LogP contribution in [0.5, 0.6) is 5.75 Å². The molecule has 29 heavy (non-hydrogen) atoms. The highest BCUT2D eigenvalue weighted by Gasteiger charge is 2.57. The van der Waals surface area contributed by atoms with Gasteiger partial charge in [-0.05, 0) is 55.4 Å². The van der Waals surface area contributed by atoms with E-state index in [0.717, 1.165) is 11.1 Å². The van der Waals surface area contributed by atoms with Gasteiger partial charge in [-0.2, -0.15) is 0 Å². The molecule has 1 aromatic rings. The Morgan fingerprint density at radius 3 is 2.83 bits per heavy atom. The molecule has 6 heteroatoms. The fourth-order valence-corrected chi connectivity index (χ4v) is 4.86. The highest BCUT2D eigenvalue weighted by atomic mass is 19.1. The predicted octanol–water partition coefficient (Wildman–Crippen LogP) is 4.54. The Hall–Kier alpha value is -2.21. The van der Waals surface area contributed by atoms with Crippen LogP contribution in [0.15, 0.2) is 43.3 Å². The van der Waals surface area contributed by atoms with Gasteiger partial charge in [-0.25, -0.2) is 4.39 Å². The van der Waals surface area contributed by atoms with Crippen LogP contribution in [0.2, 0.25) is 0 Å². The molecule has 1 amide bonds. The Balaban J connectivity index is 1.97. The van der Waals surface area contributed by atoms with Gasteiger partial charge in [0.15, 0.2) is 5.83 Å². The monoisotopic (exact) mass is 408 g/mol. The van der Waals surface area contributed by atoms with Gasteiger partial charge >= 0.3 is 0 Å². The summed E-state index contributed by atoms with van der Waals surface area (Å²) in [6, 6.07) is 5.48. The molecule has 1 N–H and O–H groups in total. The molecule has 1 fully saturated rings. The molecule has 3 rings (SSSR count). The quantitative estimate of drug-likeness (QED) is 0.390. The second-order valence-corrected chi connectivity index (χ2v) is 7.86. The summed E-state index contributed by atoms with van der Waals surface area (Å²) in [5.41, 5.74) is 0.0745. The number of hydrogen-bond donors (Lipinski definition) is 1. The average molecular weight is 409 g/mol. The van der Waals surface area contributed by atoms with Crippen molar-refractivity contribution in [3.05, 3.63) is 54.4 Å². The molecule has 4 nitrogen and oxygen atoms in total. The number of halogens is 2. The fourth-order valence-electron chi connectivity index (χ4n) is 4.86. The second-order valence-electron chi connectivity index (χ2n) is 7.86. The summed E-state index contributed by atoms with van der Waals surface area (Å²) in [6.07, 6.45) is 4.11. The van der Waals surface area contributed by atoms with Gasteiger partial charge in [0.2, 0.25) is 0 Å². The van der Waals surface area contributed by atoms with E-state index in [0.29, 0.717) is 37.9 Å². The largest absolute Gasteiger partial charge is 0.493 e. The van der Waals surface area contributed by atoms with Crippen LogP contribution in [-0.4, -0.2) is 32.3 Å². The van der Waals surface area contributed by atoms with Gasteiger partial charge in [-0.1, -0.05) is 18.7 Å². The molecule has 1 spiro atoms. The molecule has 0 aliphatic heterocycles. The van der Waals surface area contributed by atoms with E-state index in [-0.39, 0.29) is 13.0 Å². The number of amides is 1. The molecule has 0 bridgehead atoms. The molecular weight excluding hydrogens is 376 g/mol. The first-order valence-corrected chi connectivity index (χ1v) is 9.86. The van der Waals surface area contributed by atoms with Crippen molar-refractivity contribution in [1.82, 2.24) is 5.32 Å². The molecule has 1 saturated carbocycles. The third kappa shape index (κ3) is 3.82. The van der Waals surface area contributed by atoms with E-state index in [4.69, 9.17) is 13.6 Å². The molecule has 1 aromatic carbocycles. The van der Waals surface area contributed by atoms with Crippen molar-refractivity contribution >= 4 is 5.91 Å². The van der Waals surface area contributed by atoms with Gasteiger partial charge in [0, 0.05) is 18.9 Å². The summed E-state index contributed by atoms with van der Waals surface area (Å²) < 4.78 is 59.2. The van der Waals surface area contributed by atoms with Crippen LogP contribution in [-0.2, 0) is 21.5 Å². The Labute approximate surface area is 175 Å². The Morgan fingerprint density at radius 1 is 1.45 bits per heavy atom. The number of nitrogens with one attached hydrogen (secondary N) is 1. The number of rotatable bonds is 8. The summed E-state index contributed by atoms with van der Waals surface area (Å²) in [5, 5.41) is 2.82. The molecule has 1 atom stereocenters. The number of carbonyl (C=O) groups excluding carboxylic acids is 1. The fraction of sp³-hybridized carbons (Fsp3) is 0.522. The zero-order valence-electron chi connectivity index (χ0n) is 19.4. The minimum atomic E-state index is -2.48. The SMILES string of the molecule is [2H]C([2H])([2H])OC1CCC2(CC1)Cc1ccc(OCCCF)cc1C2(C=C)NC(=O)C(=C)F. The lowest BCUT2D eigenvalue weighted by Gasteiger charge is -2.49. The van der Waals surface area contributed by atoms with Crippen molar-refractivity contribution in [3.8, 4) is 5.75 Å². The van der Waals surface area contributed by atoms with E-state index in [1.165, 1.54) is 0 Å². The predicted molar refractivity (Wildman–Crippen MR) is 108 cm³/mol. The molecule has 0 radical (unpaired) electrons. The van der Waals surface area contributed by atoms with E-state index < -0.39 is 42.5 Å². The number of fused-ring (bicyclic) bond motifs is 1. The average Bonchev–Trinajstić information content (AvgIpc) is 2.98.